The number of carbonyl (C=O) groups is 2. The topological polar surface area (TPSA) is 66.4 Å². The summed E-state index contributed by atoms with van der Waals surface area (Å²) >= 11 is 0. The third-order valence-electron chi connectivity index (χ3n) is 3.24. The minimum Gasteiger partial charge on any atom is -0.550 e. The maximum atomic E-state index is 11.7. The number of carbonyl (C=O) groups excluding carboxylic acids is 2. The van der Waals surface area contributed by atoms with E-state index >= 15 is 0 Å². The second-order valence-corrected chi connectivity index (χ2v) is 4.99. The van der Waals surface area contributed by atoms with E-state index in [2.05, 4.69) is 0 Å². The predicted molar refractivity (Wildman–Crippen MR) is 76.8 cm³/mol. The maximum Gasteiger partial charge on any atom is 0.309 e. The summed E-state index contributed by atoms with van der Waals surface area (Å²) in [5, 5.41) is 10.9. The van der Waals surface area contributed by atoms with Crippen LogP contribution in [0.4, 0.5) is 0 Å². The van der Waals surface area contributed by atoms with Gasteiger partial charge in [-0.2, -0.15) is 0 Å². The molecule has 0 fully saturated rings. The molecular formula is C16H27O4-. The summed E-state index contributed by atoms with van der Waals surface area (Å²) in [6.45, 7) is 6.18. The molecular weight excluding hydrogens is 256 g/mol. The lowest BCUT2D eigenvalue weighted by Crippen LogP contribution is -2.30. The standard InChI is InChI=1S/C16H28O4/c1-4-9-13(15(17)18)11-7-8-12-14(10-5-2)16(19)20-6-3/h7-8,13-14H,4-6,9-12H2,1-3H3,(H,17,18)/p-1. The van der Waals surface area contributed by atoms with E-state index < -0.39 is 11.9 Å². The highest BCUT2D eigenvalue weighted by Gasteiger charge is 2.17. The molecule has 2 unspecified atom stereocenters. The Kier molecular flexibility index (Phi) is 10.7. The molecule has 0 radical (unpaired) electrons. The molecule has 0 aliphatic rings. The van der Waals surface area contributed by atoms with E-state index in [1.54, 1.807) is 6.92 Å². The van der Waals surface area contributed by atoms with Gasteiger partial charge in [0, 0.05) is 11.9 Å². The molecule has 0 N–H and O–H groups in total. The second-order valence-electron chi connectivity index (χ2n) is 4.99. The number of esters is 1. The summed E-state index contributed by atoms with van der Waals surface area (Å²) < 4.78 is 5.03. The zero-order valence-electron chi connectivity index (χ0n) is 12.9. The monoisotopic (exact) mass is 283 g/mol. The number of allylic oxidation sites excluding steroid dienone is 2. The number of hydrogen-bond donors (Lipinski definition) is 0. The molecule has 0 aliphatic heterocycles. The van der Waals surface area contributed by atoms with Crippen molar-refractivity contribution in [2.75, 3.05) is 6.61 Å². The van der Waals surface area contributed by atoms with Crippen LogP contribution >= 0.6 is 0 Å². The average molecular weight is 283 g/mol. The van der Waals surface area contributed by atoms with Crippen molar-refractivity contribution in [1.29, 1.82) is 0 Å². The molecule has 2 atom stereocenters. The van der Waals surface area contributed by atoms with Gasteiger partial charge >= 0.3 is 5.97 Å². The van der Waals surface area contributed by atoms with Gasteiger partial charge in [0.05, 0.1) is 12.5 Å². The van der Waals surface area contributed by atoms with Crippen molar-refractivity contribution in [3.05, 3.63) is 12.2 Å². The number of rotatable bonds is 11. The summed E-state index contributed by atoms with van der Waals surface area (Å²) in [6, 6.07) is 0. The van der Waals surface area contributed by atoms with Gasteiger partial charge in [-0.15, -0.1) is 0 Å². The van der Waals surface area contributed by atoms with Gasteiger partial charge in [-0.25, -0.2) is 0 Å². The highest BCUT2D eigenvalue weighted by atomic mass is 16.5. The SMILES string of the molecule is CCCC(CC=CCC(CCC)C(=O)OCC)C(=O)[O-]. The van der Waals surface area contributed by atoms with Crippen molar-refractivity contribution >= 4 is 11.9 Å². The molecule has 0 saturated carbocycles. The van der Waals surface area contributed by atoms with Crippen molar-refractivity contribution in [2.24, 2.45) is 11.8 Å². The van der Waals surface area contributed by atoms with Crippen LogP contribution in [0.5, 0.6) is 0 Å². The normalized spacial score (nSPS) is 14.2. The summed E-state index contributed by atoms with van der Waals surface area (Å²) in [5.74, 6) is -1.71. The minimum atomic E-state index is -0.994. The van der Waals surface area contributed by atoms with E-state index in [4.69, 9.17) is 4.74 Å². The Morgan fingerprint density at radius 3 is 1.95 bits per heavy atom. The molecule has 116 valence electrons. The summed E-state index contributed by atoms with van der Waals surface area (Å²) in [6.07, 6.45) is 7.99. The van der Waals surface area contributed by atoms with Crippen LogP contribution in [-0.2, 0) is 14.3 Å². The maximum absolute atomic E-state index is 11.7. The zero-order valence-corrected chi connectivity index (χ0v) is 12.9. The van der Waals surface area contributed by atoms with Gasteiger partial charge in [0.2, 0.25) is 0 Å². The lowest BCUT2D eigenvalue weighted by molar-refractivity contribution is -0.311. The number of aliphatic carboxylic acids is 1. The van der Waals surface area contributed by atoms with Crippen LogP contribution in [0.2, 0.25) is 0 Å². The summed E-state index contributed by atoms with van der Waals surface area (Å²) in [4.78, 5) is 22.6. The molecule has 0 heterocycles. The zero-order chi connectivity index (χ0) is 15.4. The predicted octanol–water partition coefficient (Wildman–Crippen LogP) is 2.47. The van der Waals surface area contributed by atoms with Gasteiger partial charge < -0.3 is 14.6 Å². The van der Waals surface area contributed by atoms with E-state index in [0.29, 0.717) is 25.9 Å². The molecule has 0 rings (SSSR count). The molecule has 0 aromatic carbocycles. The average Bonchev–Trinajstić information content (AvgIpc) is 2.40. The van der Waals surface area contributed by atoms with E-state index in [-0.39, 0.29) is 11.9 Å². The second kappa shape index (κ2) is 11.5. The molecule has 20 heavy (non-hydrogen) atoms. The van der Waals surface area contributed by atoms with E-state index in [1.807, 2.05) is 26.0 Å². The fourth-order valence-electron chi connectivity index (χ4n) is 2.14. The van der Waals surface area contributed by atoms with Gasteiger partial charge in [0.15, 0.2) is 0 Å². The number of hydrogen-bond acceptors (Lipinski definition) is 4. The molecule has 0 saturated heterocycles. The molecule has 4 heteroatoms. The number of ether oxygens (including phenoxy) is 1. The Bertz CT molecular complexity index is 310. The van der Waals surface area contributed by atoms with Gasteiger partial charge in [0.25, 0.3) is 0 Å². The Labute approximate surface area is 122 Å². The van der Waals surface area contributed by atoms with Crippen LogP contribution in [0.1, 0.15) is 59.3 Å². The smallest absolute Gasteiger partial charge is 0.309 e. The van der Waals surface area contributed by atoms with Crippen LogP contribution in [0.25, 0.3) is 0 Å². The largest absolute Gasteiger partial charge is 0.550 e. The molecule has 0 aliphatic carbocycles. The van der Waals surface area contributed by atoms with Gasteiger partial charge in [-0.1, -0.05) is 38.8 Å². The van der Waals surface area contributed by atoms with Gasteiger partial charge in [-0.05, 0) is 32.6 Å². The van der Waals surface area contributed by atoms with Gasteiger partial charge in [-0.3, -0.25) is 4.79 Å². The molecule has 4 nitrogen and oxygen atoms in total. The van der Waals surface area contributed by atoms with E-state index in [1.165, 1.54) is 0 Å². The highest BCUT2D eigenvalue weighted by Crippen LogP contribution is 2.16. The van der Waals surface area contributed by atoms with E-state index in [0.717, 1.165) is 19.3 Å². The molecule has 0 spiro atoms. The van der Waals surface area contributed by atoms with Crippen molar-refractivity contribution in [1.82, 2.24) is 0 Å². The first-order chi connectivity index (χ1) is 9.56. The number of carboxylic acids is 1. The molecule has 0 bridgehead atoms. The molecule has 0 amide bonds. The van der Waals surface area contributed by atoms with Gasteiger partial charge in [0.1, 0.15) is 0 Å². The Balaban J connectivity index is 4.28. The Morgan fingerprint density at radius 1 is 1.00 bits per heavy atom. The van der Waals surface area contributed by atoms with Crippen molar-refractivity contribution in [3.8, 4) is 0 Å². The third kappa shape index (κ3) is 7.97. The molecule has 0 aromatic heterocycles. The van der Waals surface area contributed by atoms with Crippen LogP contribution in [0, 0.1) is 11.8 Å². The number of carboxylic acid groups (broad SMARTS) is 1. The third-order valence-corrected chi connectivity index (χ3v) is 3.24. The van der Waals surface area contributed by atoms with Crippen LogP contribution in [-0.4, -0.2) is 18.5 Å². The van der Waals surface area contributed by atoms with Crippen molar-refractivity contribution in [2.45, 2.75) is 59.3 Å². The first kappa shape index (κ1) is 18.7. The van der Waals surface area contributed by atoms with Crippen LogP contribution < -0.4 is 5.11 Å². The van der Waals surface area contributed by atoms with E-state index in [9.17, 15) is 14.7 Å². The fraction of sp³-hybridized carbons (Fsp3) is 0.750. The fourth-order valence-corrected chi connectivity index (χ4v) is 2.14. The Morgan fingerprint density at radius 2 is 1.50 bits per heavy atom. The van der Waals surface area contributed by atoms with Crippen molar-refractivity contribution in [3.63, 3.8) is 0 Å². The quantitative estimate of drug-likeness (QED) is 0.431. The van der Waals surface area contributed by atoms with Crippen molar-refractivity contribution < 1.29 is 19.4 Å². The van der Waals surface area contributed by atoms with Crippen LogP contribution in [0.3, 0.4) is 0 Å². The lowest BCUT2D eigenvalue weighted by atomic mass is 9.97. The lowest BCUT2D eigenvalue weighted by Gasteiger charge is -2.15. The first-order valence-corrected chi connectivity index (χ1v) is 7.59. The Hall–Kier alpha value is -1.32. The summed E-state index contributed by atoms with van der Waals surface area (Å²) in [7, 11) is 0. The minimum absolute atomic E-state index is 0.122. The van der Waals surface area contributed by atoms with Crippen LogP contribution in [0.15, 0.2) is 12.2 Å². The highest BCUT2D eigenvalue weighted by molar-refractivity contribution is 5.72. The molecule has 0 aromatic rings. The first-order valence-electron chi connectivity index (χ1n) is 7.59. The summed E-state index contributed by atoms with van der Waals surface area (Å²) in [5.41, 5.74) is 0.